The Morgan fingerprint density at radius 3 is 0.867 bits per heavy atom. The summed E-state index contributed by atoms with van der Waals surface area (Å²) >= 11 is 0. The highest BCUT2D eigenvalue weighted by Gasteiger charge is 2.27. The second-order valence-corrected chi connectivity index (χ2v) is 33.0. The Bertz CT molecular complexity index is 6200. The fourth-order valence-electron chi connectivity index (χ4n) is 18.6. The van der Waals surface area contributed by atoms with E-state index >= 15 is 0 Å². The summed E-state index contributed by atoms with van der Waals surface area (Å²) < 4.78 is 0. The van der Waals surface area contributed by atoms with Crippen LogP contribution in [0.15, 0.2) is 109 Å². The van der Waals surface area contributed by atoms with Gasteiger partial charge in [-0.2, -0.15) is 0 Å². The van der Waals surface area contributed by atoms with Gasteiger partial charge in [-0.05, 0) is 269 Å². The van der Waals surface area contributed by atoms with Crippen molar-refractivity contribution in [1.82, 2.24) is 59.8 Å². The first-order valence-corrected chi connectivity index (χ1v) is 44.6. The van der Waals surface area contributed by atoms with Gasteiger partial charge >= 0.3 is 5.97 Å². The molecule has 1 aromatic carbocycles. The number of aromatic amines is 6. The maximum absolute atomic E-state index is 12.7. The minimum atomic E-state index is -1.01. The number of carbonyl (C=O) groups is 1. The quantitative estimate of drug-likeness (QED) is 0.0246. The zero-order valence-corrected chi connectivity index (χ0v) is 71.4. The van der Waals surface area contributed by atoms with Gasteiger partial charge in [-0.1, -0.05) is 169 Å². The van der Waals surface area contributed by atoms with Crippen LogP contribution in [0.4, 0.5) is 0 Å². The molecule has 0 spiro atoms. The van der Waals surface area contributed by atoms with E-state index in [9.17, 15) is 9.90 Å². The summed E-state index contributed by atoms with van der Waals surface area (Å²) in [6.07, 6.45) is 46.5. The fraction of sp³-hybridized carbons (Fsp3) is 0.330. The number of aromatic carboxylic acids is 1. The van der Waals surface area contributed by atoms with Gasteiger partial charge in [0.05, 0.1) is 118 Å². The van der Waals surface area contributed by atoms with Crippen LogP contribution in [0.1, 0.15) is 356 Å². The average molecular weight is 1590 g/mol. The van der Waals surface area contributed by atoms with Gasteiger partial charge in [-0.3, -0.25) is 0 Å². The monoisotopic (exact) mass is 1580 g/mol. The van der Waals surface area contributed by atoms with Crippen molar-refractivity contribution >= 4 is 145 Å². The minimum Gasteiger partial charge on any atom is -0.478 e. The number of nitrogens with zero attached hydrogens (tertiary/aromatic N) is 6. The highest BCUT2D eigenvalue weighted by molar-refractivity contribution is 5.96. The molecule has 0 aliphatic carbocycles. The third kappa shape index (κ3) is 16.9. The molecule has 9 aromatic heterocycles. The molecule has 14 heteroatoms. The van der Waals surface area contributed by atoms with E-state index in [1.54, 1.807) is 12.1 Å². The zero-order valence-electron chi connectivity index (χ0n) is 71.4. The van der Waals surface area contributed by atoms with E-state index in [-0.39, 0.29) is 35.2 Å². The standard InChI is InChI=1S/C106H112N12O2/c1-11-21-26-65(16-6)100-88-43-35-72(107-88)63-73-36-44-89(108-73)101(66(17-7)27-22-12-2)93-56-48-81(112-93)76(80-47-55-92(100)111-80)39-41-78-84-51-59-96(115-84)104(69(20-10)30-25-15-5)97-60-52-85(116-97)79(87-54-62-99(118-87)105(98-61-53-86(78)117-98)70-31-33-71(34-32-70)106(119)120)42-40-77-82-49-57-94(113-82)102(67(18-8)28-23-13-3)90-45-37-74(109-90)64-75-38-46-91(110-75)103(68(19-9)29-24-14-4)95-58-50-83(77)114-95/h31-38,43-69,107,109,112,114-115,118H,11-30H2,1-10H3,(H,119,120). The second-order valence-electron chi connectivity index (χ2n) is 33.0. The fourth-order valence-corrected chi connectivity index (χ4v) is 18.6. The summed E-state index contributed by atoms with van der Waals surface area (Å²) in [4.78, 5) is 69.9. The summed E-state index contributed by atoms with van der Waals surface area (Å²) in [7, 11) is 0. The lowest BCUT2D eigenvalue weighted by Gasteiger charge is -2.16. The number of aromatic nitrogens is 12. The number of carboxylic acids is 1. The first kappa shape index (κ1) is 81.4. The summed E-state index contributed by atoms with van der Waals surface area (Å²) in [6.45, 7) is 22.8. The Morgan fingerprint density at radius 2 is 0.550 bits per heavy atom. The van der Waals surface area contributed by atoms with Gasteiger partial charge in [-0.25, -0.2) is 34.7 Å². The molecule has 16 rings (SSSR count). The van der Waals surface area contributed by atoms with Crippen LogP contribution in [0.2, 0.25) is 0 Å². The Labute approximate surface area is 705 Å². The third-order valence-corrected chi connectivity index (χ3v) is 25.2. The summed E-state index contributed by atoms with van der Waals surface area (Å²) in [6, 6.07) is 37.5. The highest BCUT2D eigenvalue weighted by Crippen LogP contribution is 2.42. The molecule has 10 aromatic rings. The van der Waals surface area contributed by atoms with Crippen molar-refractivity contribution in [2.75, 3.05) is 0 Å². The number of fused-ring (bicyclic) bond motifs is 24. The average Bonchev–Trinajstić information content (AvgIpc) is 1.63. The predicted molar refractivity (Wildman–Crippen MR) is 504 cm³/mol. The summed E-state index contributed by atoms with van der Waals surface area (Å²) in [5.74, 6) is 15.6. The smallest absolute Gasteiger partial charge is 0.335 e. The van der Waals surface area contributed by atoms with Crippen LogP contribution in [0.5, 0.6) is 0 Å². The molecule has 15 heterocycles. The van der Waals surface area contributed by atoms with Gasteiger partial charge in [0.1, 0.15) is 0 Å². The van der Waals surface area contributed by atoms with E-state index in [1.165, 1.54) is 22.3 Å². The molecule has 5 unspecified atom stereocenters. The molecular formula is C106H112N12O2. The number of hydrogen-bond donors (Lipinski definition) is 7. The Hall–Kier alpha value is -12.4. The Morgan fingerprint density at radius 1 is 0.292 bits per heavy atom. The van der Waals surface area contributed by atoms with Crippen molar-refractivity contribution in [3.63, 3.8) is 0 Å². The van der Waals surface area contributed by atoms with Gasteiger partial charge in [0.2, 0.25) is 0 Å². The number of nitrogens with one attached hydrogen (secondary N) is 6. The Balaban J connectivity index is 0.979. The third-order valence-electron chi connectivity index (χ3n) is 25.2. The number of unbranched alkanes of at least 4 members (excludes halogenated alkanes) is 5. The number of H-pyrrole nitrogens is 6. The van der Waals surface area contributed by atoms with Crippen molar-refractivity contribution in [2.24, 2.45) is 0 Å². The summed E-state index contributed by atoms with van der Waals surface area (Å²) in [5, 5.41) is 10.4. The molecule has 0 saturated heterocycles. The molecule has 0 radical (unpaired) electrons. The normalized spacial score (nSPS) is 13.8. The minimum absolute atomic E-state index is 0.130. The maximum atomic E-state index is 12.7. The lowest BCUT2D eigenvalue weighted by atomic mass is 9.90. The van der Waals surface area contributed by atoms with Crippen LogP contribution in [-0.4, -0.2) is 70.9 Å². The van der Waals surface area contributed by atoms with Gasteiger partial charge in [0, 0.05) is 77.5 Å². The molecular weight excluding hydrogens is 1470 g/mol. The van der Waals surface area contributed by atoms with E-state index in [0.717, 1.165) is 274 Å². The van der Waals surface area contributed by atoms with Crippen molar-refractivity contribution in [3.8, 4) is 34.8 Å². The lowest BCUT2D eigenvalue weighted by Crippen LogP contribution is -2.01. The van der Waals surface area contributed by atoms with Crippen LogP contribution < -0.4 is 0 Å². The lowest BCUT2D eigenvalue weighted by molar-refractivity contribution is 0.0696. The van der Waals surface area contributed by atoms with Crippen molar-refractivity contribution in [3.05, 3.63) is 233 Å². The number of hydrogen-bond acceptors (Lipinski definition) is 7. The number of rotatable bonds is 27. The second kappa shape index (κ2) is 36.9. The summed E-state index contributed by atoms with van der Waals surface area (Å²) in [5.41, 5.74) is 31.6. The molecule has 5 atom stereocenters. The van der Waals surface area contributed by atoms with E-state index in [2.05, 4.69) is 281 Å². The van der Waals surface area contributed by atoms with E-state index < -0.39 is 5.97 Å². The molecule has 0 fully saturated rings. The van der Waals surface area contributed by atoms with Crippen LogP contribution >= 0.6 is 0 Å². The molecule has 608 valence electrons. The first-order chi connectivity index (χ1) is 58.8. The Kier molecular flexibility index (Phi) is 25.0. The van der Waals surface area contributed by atoms with Gasteiger partial charge in [0.25, 0.3) is 0 Å². The predicted octanol–water partition coefficient (Wildman–Crippen LogP) is 28.2. The van der Waals surface area contributed by atoms with Gasteiger partial charge < -0.3 is 35.0 Å². The molecule has 0 saturated carbocycles. The van der Waals surface area contributed by atoms with Crippen LogP contribution in [-0.2, 0) is 0 Å². The van der Waals surface area contributed by atoms with Crippen LogP contribution in [0.25, 0.3) is 150 Å². The number of benzene rings is 1. The highest BCUT2D eigenvalue weighted by atomic mass is 16.4. The van der Waals surface area contributed by atoms with Gasteiger partial charge in [0.15, 0.2) is 0 Å². The molecule has 0 amide bonds. The van der Waals surface area contributed by atoms with Gasteiger partial charge in [-0.15, -0.1) is 0 Å². The first-order valence-electron chi connectivity index (χ1n) is 44.6. The zero-order chi connectivity index (χ0) is 82.9. The van der Waals surface area contributed by atoms with Crippen molar-refractivity contribution in [1.29, 1.82) is 0 Å². The molecule has 120 heavy (non-hydrogen) atoms. The largest absolute Gasteiger partial charge is 0.478 e. The van der Waals surface area contributed by atoms with E-state index in [1.807, 2.05) is 12.1 Å². The van der Waals surface area contributed by atoms with Crippen molar-refractivity contribution in [2.45, 2.75) is 227 Å². The van der Waals surface area contributed by atoms with E-state index in [4.69, 9.17) is 29.9 Å². The molecule has 24 bridgehead atoms. The number of carboxylic acid groups (broad SMARTS) is 1. The van der Waals surface area contributed by atoms with E-state index in [0.29, 0.717) is 28.2 Å². The maximum Gasteiger partial charge on any atom is 0.335 e. The molecule has 14 nitrogen and oxygen atoms in total. The molecule has 6 aliphatic heterocycles. The van der Waals surface area contributed by atoms with Crippen LogP contribution in [0, 0.1) is 23.7 Å². The SMILES string of the molecule is CCCCC(CC)c1c2nc(c(C#Cc3c4nc(c(C(CC)CCCC)c5ccc([nH]5)c(C#Cc5c6nc(c(C(CC)CCCC)c7ccc(cc8nc(c(C(CC)CCCC)c9ccc5[nH]9)C=C8)[nH]7)C=C6)c5nc(c(-c6ccc(C(=O)O)cc6)c6ccc3[nH]6)C=C5)C=C4)c3ccc([nH]3)c(C(CC)CCCC)c3nc(cc4ccc1[nH]4)C=C3)C=C2. The van der Waals surface area contributed by atoms with Crippen molar-refractivity contribution < 1.29 is 9.90 Å². The topological polar surface area (TPSA) is 209 Å². The molecule has 6 aliphatic rings. The molecule has 7 N–H and O–H groups in total. The van der Waals surface area contributed by atoms with Crippen LogP contribution in [0.3, 0.4) is 0 Å².